The van der Waals surface area contributed by atoms with E-state index >= 15 is 0 Å². The fourth-order valence-corrected chi connectivity index (χ4v) is 3.97. The van der Waals surface area contributed by atoms with Crippen molar-refractivity contribution in [1.29, 1.82) is 0 Å². The number of halogens is 1. The van der Waals surface area contributed by atoms with Crippen LogP contribution in [0.4, 0.5) is 11.1 Å². The number of hydrogen-bond acceptors (Lipinski definition) is 6. The number of esters is 1. The standard InChI is InChI=1S/C18H15ClN4O2S/c1-3-23-14-7-4-10(16(24)25-2)8-13(14)20-17(23)22-18-21-12-6-5-11(19)9-15(12)26-18/h4-9H,3H2,1-2H3,(H,20,21,22). The second-order valence-electron chi connectivity index (χ2n) is 5.63. The first kappa shape index (κ1) is 16.8. The van der Waals surface area contributed by atoms with Crippen LogP contribution in [-0.2, 0) is 11.3 Å². The molecule has 0 aliphatic heterocycles. The molecule has 0 aliphatic rings. The summed E-state index contributed by atoms with van der Waals surface area (Å²) in [4.78, 5) is 20.9. The van der Waals surface area contributed by atoms with Crippen LogP contribution < -0.4 is 5.32 Å². The minimum atomic E-state index is -0.379. The summed E-state index contributed by atoms with van der Waals surface area (Å²) in [6.45, 7) is 2.77. The number of carbonyl (C=O) groups excluding carboxylic acids is 1. The Kier molecular flexibility index (Phi) is 4.26. The zero-order chi connectivity index (χ0) is 18.3. The van der Waals surface area contributed by atoms with Crippen LogP contribution in [0.5, 0.6) is 0 Å². The molecule has 0 saturated carbocycles. The highest BCUT2D eigenvalue weighted by Crippen LogP contribution is 2.31. The van der Waals surface area contributed by atoms with Crippen molar-refractivity contribution in [2.24, 2.45) is 0 Å². The van der Waals surface area contributed by atoms with E-state index in [0.29, 0.717) is 16.5 Å². The molecule has 0 fully saturated rings. The molecule has 0 saturated heterocycles. The number of imidazole rings is 1. The summed E-state index contributed by atoms with van der Waals surface area (Å²) in [7, 11) is 1.36. The largest absolute Gasteiger partial charge is 0.465 e. The number of nitrogens with zero attached hydrogens (tertiary/aromatic N) is 3. The SMILES string of the molecule is CCn1c(Nc2nc3ccc(Cl)cc3s2)nc2cc(C(=O)OC)ccc21. The van der Waals surface area contributed by atoms with Gasteiger partial charge in [0.15, 0.2) is 5.13 Å². The van der Waals surface area contributed by atoms with Crippen molar-refractivity contribution in [3.8, 4) is 0 Å². The first-order valence-corrected chi connectivity index (χ1v) is 9.20. The molecule has 2 aromatic carbocycles. The maximum absolute atomic E-state index is 11.7. The number of aromatic nitrogens is 3. The van der Waals surface area contributed by atoms with Crippen LogP contribution in [0.1, 0.15) is 17.3 Å². The lowest BCUT2D eigenvalue weighted by Gasteiger charge is -2.06. The predicted octanol–water partition coefficient (Wildman–Crippen LogP) is 4.85. The van der Waals surface area contributed by atoms with Crippen molar-refractivity contribution >= 4 is 61.2 Å². The summed E-state index contributed by atoms with van der Waals surface area (Å²) in [5.41, 5.74) is 3.02. The van der Waals surface area contributed by atoms with E-state index in [4.69, 9.17) is 16.3 Å². The minimum Gasteiger partial charge on any atom is -0.465 e. The van der Waals surface area contributed by atoms with Crippen molar-refractivity contribution in [2.75, 3.05) is 12.4 Å². The Labute approximate surface area is 158 Å². The van der Waals surface area contributed by atoms with Crippen LogP contribution >= 0.6 is 22.9 Å². The zero-order valence-corrected chi connectivity index (χ0v) is 15.7. The van der Waals surface area contributed by atoms with Gasteiger partial charge in [-0.15, -0.1) is 0 Å². The van der Waals surface area contributed by atoms with Gasteiger partial charge in [0.05, 0.1) is 33.9 Å². The Balaban J connectivity index is 1.75. The average molecular weight is 387 g/mol. The minimum absolute atomic E-state index is 0.379. The van der Waals surface area contributed by atoms with E-state index in [1.54, 1.807) is 12.1 Å². The maximum atomic E-state index is 11.7. The first-order valence-electron chi connectivity index (χ1n) is 8.00. The highest BCUT2D eigenvalue weighted by molar-refractivity contribution is 7.22. The van der Waals surface area contributed by atoms with Gasteiger partial charge in [0, 0.05) is 11.6 Å². The van der Waals surface area contributed by atoms with Crippen LogP contribution in [0.3, 0.4) is 0 Å². The smallest absolute Gasteiger partial charge is 0.337 e. The number of benzene rings is 2. The third-order valence-corrected chi connectivity index (χ3v) is 5.22. The molecule has 8 heteroatoms. The Morgan fingerprint density at radius 1 is 1.23 bits per heavy atom. The molecule has 0 amide bonds. The average Bonchev–Trinajstić information content (AvgIpc) is 3.19. The lowest BCUT2D eigenvalue weighted by molar-refractivity contribution is 0.0601. The number of thiazole rings is 1. The number of hydrogen-bond donors (Lipinski definition) is 1. The normalized spacial score (nSPS) is 11.2. The van der Waals surface area contributed by atoms with Crippen LogP contribution in [0.25, 0.3) is 21.3 Å². The predicted molar refractivity (Wildman–Crippen MR) is 105 cm³/mol. The molecule has 2 heterocycles. The van der Waals surface area contributed by atoms with Gasteiger partial charge >= 0.3 is 5.97 Å². The first-order chi connectivity index (χ1) is 12.6. The summed E-state index contributed by atoms with van der Waals surface area (Å²) >= 11 is 7.56. The molecule has 0 bridgehead atoms. The molecule has 6 nitrogen and oxygen atoms in total. The number of rotatable bonds is 4. The molecular weight excluding hydrogens is 372 g/mol. The monoisotopic (exact) mass is 386 g/mol. The van der Waals surface area contributed by atoms with Gasteiger partial charge in [-0.2, -0.15) is 0 Å². The van der Waals surface area contributed by atoms with E-state index in [0.717, 1.165) is 32.9 Å². The van der Waals surface area contributed by atoms with Gasteiger partial charge in [0.2, 0.25) is 5.95 Å². The van der Waals surface area contributed by atoms with Gasteiger partial charge in [0.1, 0.15) is 0 Å². The summed E-state index contributed by atoms with van der Waals surface area (Å²) in [5.74, 6) is 0.296. The molecule has 4 rings (SSSR count). The third-order valence-electron chi connectivity index (χ3n) is 4.05. The fourth-order valence-electron chi connectivity index (χ4n) is 2.84. The van der Waals surface area contributed by atoms with E-state index < -0.39 is 0 Å². The molecular formula is C18H15ClN4O2S. The van der Waals surface area contributed by atoms with Crippen LogP contribution in [-0.4, -0.2) is 27.6 Å². The Hall–Kier alpha value is -2.64. The molecule has 0 unspecified atom stereocenters. The Morgan fingerprint density at radius 2 is 2.08 bits per heavy atom. The second-order valence-corrected chi connectivity index (χ2v) is 7.10. The molecule has 132 valence electrons. The van der Waals surface area contributed by atoms with E-state index in [-0.39, 0.29) is 5.97 Å². The summed E-state index contributed by atoms with van der Waals surface area (Å²) in [5, 5.41) is 4.71. The zero-order valence-electron chi connectivity index (χ0n) is 14.1. The quantitative estimate of drug-likeness (QED) is 0.508. The van der Waals surface area contributed by atoms with E-state index in [1.807, 2.05) is 35.8 Å². The summed E-state index contributed by atoms with van der Waals surface area (Å²) in [6.07, 6.45) is 0. The molecule has 2 aromatic heterocycles. The summed E-state index contributed by atoms with van der Waals surface area (Å²) in [6, 6.07) is 11.0. The van der Waals surface area contributed by atoms with Gasteiger partial charge in [-0.3, -0.25) is 0 Å². The number of methoxy groups -OCH3 is 1. The van der Waals surface area contributed by atoms with Gasteiger partial charge < -0.3 is 14.6 Å². The van der Waals surface area contributed by atoms with Gasteiger partial charge in [-0.1, -0.05) is 22.9 Å². The van der Waals surface area contributed by atoms with Crippen molar-refractivity contribution in [1.82, 2.24) is 14.5 Å². The van der Waals surface area contributed by atoms with Crippen molar-refractivity contribution in [3.63, 3.8) is 0 Å². The van der Waals surface area contributed by atoms with Crippen LogP contribution in [0, 0.1) is 0 Å². The molecule has 1 N–H and O–H groups in total. The lowest BCUT2D eigenvalue weighted by Crippen LogP contribution is -2.02. The topological polar surface area (TPSA) is 69.0 Å². The fraction of sp³-hybridized carbons (Fsp3) is 0.167. The molecule has 0 radical (unpaired) electrons. The highest BCUT2D eigenvalue weighted by Gasteiger charge is 2.14. The Morgan fingerprint density at radius 3 is 2.85 bits per heavy atom. The van der Waals surface area contributed by atoms with E-state index in [2.05, 4.69) is 15.3 Å². The van der Waals surface area contributed by atoms with Crippen LogP contribution in [0.2, 0.25) is 5.02 Å². The third kappa shape index (κ3) is 2.89. The molecule has 4 aromatic rings. The number of nitrogens with one attached hydrogen (secondary N) is 1. The summed E-state index contributed by atoms with van der Waals surface area (Å²) < 4.78 is 7.82. The number of carbonyl (C=O) groups is 1. The lowest BCUT2D eigenvalue weighted by atomic mass is 10.2. The second kappa shape index (κ2) is 6.59. The van der Waals surface area contributed by atoms with Gasteiger partial charge in [-0.05, 0) is 43.3 Å². The Bertz CT molecular complexity index is 1140. The van der Waals surface area contributed by atoms with Crippen molar-refractivity contribution in [3.05, 3.63) is 47.0 Å². The number of ether oxygens (including phenoxy) is 1. The van der Waals surface area contributed by atoms with Gasteiger partial charge in [-0.25, -0.2) is 14.8 Å². The van der Waals surface area contributed by atoms with Gasteiger partial charge in [0.25, 0.3) is 0 Å². The molecule has 26 heavy (non-hydrogen) atoms. The molecule has 0 atom stereocenters. The number of fused-ring (bicyclic) bond motifs is 2. The maximum Gasteiger partial charge on any atom is 0.337 e. The van der Waals surface area contributed by atoms with E-state index in [1.165, 1.54) is 18.4 Å². The number of anilines is 2. The highest BCUT2D eigenvalue weighted by atomic mass is 35.5. The number of aryl methyl sites for hydroxylation is 1. The van der Waals surface area contributed by atoms with E-state index in [9.17, 15) is 4.79 Å². The molecule has 0 spiro atoms. The van der Waals surface area contributed by atoms with Crippen LogP contribution in [0.15, 0.2) is 36.4 Å². The molecule has 0 aliphatic carbocycles. The van der Waals surface area contributed by atoms with Crippen molar-refractivity contribution < 1.29 is 9.53 Å². The van der Waals surface area contributed by atoms with Crippen molar-refractivity contribution in [2.45, 2.75) is 13.5 Å².